The summed E-state index contributed by atoms with van der Waals surface area (Å²) in [5.41, 5.74) is 1.29. The van der Waals surface area contributed by atoms with Gasteiger partial charge in [-0.3, -0.25) is 0 Å². The molecule has 0 amide bonds. The van der Waals surface area contributed by atoms with Crippen LogP contribution in [0.5, 0.6) is 11.5 Å². The molecule has 0 heterocycles. The molecule has 1 aromatic carbocycles. The van der Waals surface area contributed by atoms with Crippen LogP contribution in [0.2, 0.25) is 0 Å². The summed E-state index contributed by atoms with van der Waals surface area (Å²) < 4.78 is 15.5. The van der Waals surface area contributed by atoms with E-state index in [-0.39, 0.29) is 0 Å². The Morgan fingerprint density at radius 3 is 2.42 bits per heavy atom. The number of nitrogens with one attached hydrogen (secondary N) is 1. The van der Waals surface area contributed by atoms with Crippen molar-refractivity contribution >= 4 is 0 Å². The predicted octanol–water partition coefficient (Wildman–Crippen LogP) is 2.26. The average Bonchev–Trinajstić information content (AvgIpc) is 2.46. The summed E-state index contributed by atoms with van der Waals surface area (Å²) in [6.45, 7) is 2.74. The highest BCUT2D eigenvalue weighted by molar-refractivity contribution is 5.42. The molecular formula is C15H25NO3. The maximum Gasteiger partial charge on any atom is 0.160 e. The van der Waals surface area contributed by atoms with Gasteiger partial charge in [0, 0.05) is 13.7 Å². The van der Waals surface area contributed by atoms with E-state index in [0.717, 1.165) is 50.5 Å². The summed E-state index contributed by atoms with van der Waals surface area (Å²) >= 11 is 0. The molecule has 0 bridgehead atoms. The second kappa shape index (κ2) is 9.64. The van der Waals surface area contributed by atoms with Crippen molar-refractivity contribution in [3.63, 3.8) is 0 Å². The van der Waals surface area contributed by atoms with Crippen LogP contribution >= 0.6 is 0 Å². The standard InChI is InChI=1S/C15H25NO3/c1-17-11-10-16-9-5-4-6-13-7-8-14(18-2)15(12-13)19-3/h7-8,12,16H,4-6,9-11H2,1-3H3. The second-order valence-corrected chi connectivity index (χ2v) is 4.39. The van der Waals surface area contributed by atoms with Crippen molar-refractivity contribution < 1.29 is 14.2 Å². The Bertz CT molecular complexity index is 355. The Kier molecular flexibility index (Phi) is 8.02. The molecule has 1 rings (SSSR count). The van der Waals surface area contributed by atoms with Crippen molar-refractivity contribution in [1.29, 1.82) is 0 Å². The Morgan fingerprint density at radius 2 is 1.74 bits per heavy atom. The molecule has 19 heavy (non-hydrogen) atoms. The number of aryl methyl sites for hydroxylation is 1. The summed E-state index contributed by atoms with van der Waals surface area (Å²) in [6.07, 6.45) is 3.39. The normalized spacial score (nSPS) is 10.5. The number of rotatable bonds is 10. The Hall–Kier alpha value is -1.26. The molecule has 0 fully saturated rings. The maximum absolute atomic E-state index is 5.30. The molecule has 0 saturated heterocycles. The van der Waals surface area contributed by atoms with E-state index in [1.807, 2.05) is 6.07 Å². The summed E-state index contributed by atoms with van der Waals surface area (Å²) in [5, 5.41) is 3.34. The number of benzene rings is 1. The minimum atomic E-state index is 0.773. The van der Waals surface area contributed by atoms with Crippen molar-refractivity contribution in [2.45, 2.75) is 19.3 Å². The molecule has 4 nitrogen and oxygen atoms in total. The molecule has 0 radical (unpaired) electrons. The fourth-order valence-electron chi connectivity index (χ4n) is 1.91. The number of hydrogen-bond donors (Lipinski definition) is 1. The summed E-state index contributed by atoms with van der Waals surface area (Å²) in [4.78, 5) is 0. The summed E-state index contributed by atoms with van der Waals surface area (Å²) in [7, 11) is 5.04. The molecule has 4 heteroatoms. The lowest BCUT2D eigenvalue weighted by atomic mass is 10.1. The van der Waals surface area contributed by atoms with Crippen LogP contribution in [-0.2, 0) is 11.2 Å². The van der Waals surface area contributed by atoms with Crippen LogP contribution in [0.25, 0.3) is 0 Å². The molecule has 0 aliphatic carbocycles. The molecule has 0 aliphatic rings. The number of methoxy groups -OCH3 is 3. The fourth-order valence-corrected chi connectivity index (χ4v) is 1.91. The van der Waals surface area contributed by atoms with Crippen LogP contribution < -0.4 is 14.8 Å². The highest BCUT2D eigenvalue weighted by Crippen LogP contribution is 2.27. The molecule has 0 spiro atoms. The van der Waals surface area contributed by atoms with E-state index in [1.54, 1.807) is 21.3 Å². The van der Waals surface area contributed by atoms with Crippen LogP contribution in [0.1, 0.15) is 18.4 Å². The molecule has 0 aromatic heterocycles. The maximum atomic E-state index is 5.30. The first-order chi connectivity index (χ1) is 9.31. The minimum absolute atomic E-state index is 0.773. The lowest BCUT2D eigenvalue weighted by molar-refractivity contribution is 0.199. The third-order valence-corrected chi connectivity index (χ3v) is 3.00. The van der Waals surface area contributed by atoms with E-state index in [9.17, 15) is 0 Å². The first-order valence-electron chi connectivity index (χ1n) is 6.72. The van der Waals surface area contributed by atoms with Crippen LogP contribution in [0.15, 0.2) is 18.2 Å². The van der Waals surface area contributed by atoms with Crippen LogP contribution in [-0.4, -0.2) is 41.0 Å². The van der Waals surface area contributed by atoms with Crippen molar-refractivity contribution in [2.24, 2.45) is 0 Å². The van der Waals surface area contributed by atoms with Gasteiger partial charge in [-0.25, -0.2) is 0 Å². The lowest BCUT2D eigenvalue weighted by Gasteiger charge is -2.09. The molecule has 0 atom stereocenters. The number of unbranched alkanes of at least 4 members (excludes halogenated alkanes) is 1. The van der Waals surface area contributed by atoms with Gasteiger partial charge in [0.2, 0.25) is 0 Å². The third kappa shape index (κ3) is 5.94. The number of ether oxygens (including phenoxy) is 3. The summed E-state index contributed by atoms with van der Waals surface area (Å²) in [5.74, 6) is 1.59. The van der Waals surface area contributed by atoms with Gasteiger partial charge in [0.05, 0.1) is 20.8 Å². The molecular weight excluding hydrogens is 242 g/mol. The Labute approximate surface area is 116 Å². The first kappa shape index (κ1) is 15.8. The molecule has 1 N–H and O–H groups in total. The van der Waals surface area contributed by atoms with Crippen LogP contribution in [0.4, 0.5) is 0 Å². The molecule has 0 saturated carbocycles. The van der Waals surface area contributed by atoms with Gasteiger partial charge < -0.3 is 19.5 Å². The Morgan fingerprint density at radius 1 is 0.947 bits per heavy atom. The monoisotopic (exact) mass is 267 g/mol. The molecule has 0 aliphatic heterocycles. The van der Waals surface area contributed by atoms with Gasteiger partial charge in [-0.05, 0) is 43.5 Å². The lowest BCUT2D eigenvalue weighted by Crippen LogP contribution is -2.20. The molecule has 0 unspecified atom stereocenters. The fraction of sp³-hybridized carbons (Fsp3) is 0.600. The largest absolute Gasteiger partial charge is 0.493 e. The summed E-state index contributed by atoms with van der Waals surface area (Å²) in [6, 6.07) is 6.11. The van der Waals surface area contributed by atoms with Gasteiger partial charge in [0.1, 0.15) is 0 Å². The average molecular weight is 267 g/mol. The van der Waals surface area contributed by atoms with E-state index in [0.29, 0.717) is 0 Å². The zero-order valence-electron chi connectivity index (χ0n) is 12.2. The van der Waals surface area contributed by atoms with E-state index < -0.39 is 0 Å². The van der Waals surface area contributed by atoms with E-state index >= 15 is 0 Å². The molecule has 108 valence electrons. The highest BCUT2D eigenvalue weighted by atomic mass is 16.5. The van der Waals surface area contributed by atoms with Gasteiger partial charge in [-0.15, -0.1) is 0 Å². The second-order valence-electron chi connectivity index (χ2n) is 4.39. The SMILES string of the molecule is COCCNCCCCc1ccc(OC)c(OC)c1. The van der Waals surface area contributed by atoms with Crippen molar-refractivity contribution in [3.8, 4) is 11.5 Å². The van der Waals surface area contributed by atoms with Gasteiger partial charge in [0.25, 0.3) is 0 Å². The van der Waals surface area contributed by atoms with Gasteiger partial charge in [-0.1, -0.05) is 6.07 Å². The smallest absolute Gasteiger partial charge is 0.160 e. The van der Waals surface area contributed by atoms with E-state index in [4.69, 9.17) is 14.2 Å². The topological polar surface area (TPSA) is 39.7 Å². The Balaban J connectivity index is 2.26. The van der Waals surface area contributed by atoms with Crippen molar-refractivity contribution in [2.75, 3.05) is 41.0 Å². The van der Waals surface area contributed by atoms with Gasteiger partial charge in [0.15, 0.2) is 11.5 Å². The third-order valence-electron chi connectivity index (χ3n) is 3.00. The van der Waals surface area contributed by atoms with Crippen molar-refractivity contribution in [1.82, 2.24) is 5.32 Å². The predicted molar refractivity (Wildman–Crippen MR) is 77.2 cm³/mol. The van der Waals surface area contributed by atoms with E-state index in [2.05, 4.69) is 17.4 Å². The number of hydrogen-bond acceptors (Lipinski definition) is 4. The zero-order chi connectivity index (χ0) is 13.9. The van der Waals surface area contributed by atoms with Crippen molar-refractivity contribution in [3.05, 3.63) is 23.8 Å². The molecule has 1 aromatic rings. The zero-order valence-corrected chi connectivity index (χ0v) is 12.2. The van der Waals surface area contributed by atoms with E-state index in [1.165, 1.54) is 5.56 Å². The van der Waals surface area contributed by atoms with Crippen LogP contribution in [0, 0.1) is 0 Å². The van der Waals surface area contributed by atoms with Gasteiger partial charge in [-0.2, -0.15) is 0 Å². The minimum Gasteiger partial charge on any atom is -0.493 e. The quantitative estimate of drug-likeness (QED) is 0.660. The van der Waals surface area contributed by atoms with Gasteiger partial charge >= 0.3 is 0 Å². The van der Waals surface area contributed by atoms with Crippen LogP contribution in [0.3, 0.4) is 0 Å². The highest BCUT2D eigenvalue weighted by Gasteiger charge is 2.04. The first-order valence-corrected chi connectivity index (χ1v) is 6.72.